The Hall–Kier alpha value is -0.540. The Labute approximate surface area is 117 Å². The van der Waals surface area contributed by atoms with Gasteiger partial charge in [-0.15, -0.1) is 0 Å². The molecule has 1 aliphatic carbocycles. The minimum absolute atomic E-state index is 0.173. The average Bonchev–Trinajstić information content (AvgIpc) is 2.90. The van der Waals surface area contributed by atoms with Gasteiger partial charge in [-0.05, 0) is 51.9 Å². The summed E-state index contributed by atoms with van der Waals surface area (Å²) >= 11 is 3.60. The van der Waals surface area contributed by atoms with Crippen LogP contribution < -0.4 is 4.74 Å². The van der Waals surface area contributed by atoms with Crippen molar-refractivity contribution in [3.63, 3.8) is 0 Å². The quantitative estimate of drug-likeness (QED) is 0.902. The predicted octanol–water partition coefficient (Wildman–Crippen LogP) is 4.21. The second-order valence-corrected chi connectivity index (χ2v) is 6.04. The van der Waals surface area contributed by atoms with Crippen LogP contribution >= 0.6 is 15.9 Å². The molecule has 1 unspecified atom stereocenters. The molecule has 0 aliphatic heterocycles. The zero-order valence-electron chi connectivity index (χ0n) is 11.1. The van der Waals surface area contributed by atoms with Gasteiger partial charge in [-0.1, -0.05) is 25.8 Å². The monoisotopic (exact) mass is 312 g/mol. The van der Waals surface area contributed by atoms with Gasteiger partial charge in [-0.2, -0.15) is 0 Å². The van der Waals surface area contributed by atoms with Crippen molar-refractivity contribution in [2.24, 2.45) is 0 Å². The van der Waals surface area contributed by atoms with Crippen molar-refractivity contribution in [2.45, 2.75) is 44.4 Å². The normalized spacial score (nSPS) is 18.0. The molecule has 100 valence electrons. The zero-order valence-corrected chi connectivity index (χ0v) is 12.7. The summed E-state index contributed by atoms with van der Waals surface area (Å²) in [6, 6.07) is 4.29. The van der Waals surface area contributed by atoms with Gasteiger partial charge in [0.2, 0.25) is 0 Å². The molecule has 2 nitrogen and oxygen atoms in total. The minimum Gasteiger partial charge on any atom is -0.495 e. The second-order valence-electron chi connectivity index (χ2n) is 5.19. The van der Waals surface area contributed by atoms with Gasteiger partial charge in [0.25, 0.3) is 0 Å². The maximum Gasteiger partial charge on any atom is 0.136 e. The minimum atomic E-state index is 0.173. The highest BCUT2D eigenvalue weighted by Gasteiger charge is 2.23. The van der Waals surface area contributed by atoms with E-state index in [1.807, 2.05) is 6.92 Å². The molecule has 0 amide bonds. The van der Waals surface area contributed by atoms with Crippen LogP contribution in [-0.4, -0.2) is 18.8 Å². The van der Waals surface area contributed by atoms with Gasteiger partial charge >= 0.3 is 0 Å². The summed E-state index contributed by atoms with van der Waals surface area (Å²) in [7, 11) is 1.73. The van der Waals surface area contributed by atoms with Gasteiger partial charge in [-0.3, -0.25) is 0 Å². The molecule has 0 heterocycles. The molecule has 0 spiro atoms. The highest BCUT2D eigenvalue weighted by molar-refractivity contribution is 9.10. The third-order valence-electron chi connectivity index (χ3n) is 3.94. The van der Waals surface area contributed by atoms with E-state index in [-0.39, 0.29) is 12.5 Å². The van der Waals surface area contributed by atoms with Crippen molar-refractivity contribution < 1.29 is 9.84 Å². The smallest absolute Gasteiger partial charge is 0.136 e. The number of aliphatic hydroxyl groups excluding tert-OH is 1. The van der Waals surface area contributed by atoms with Crippen molar-refractivity contribution in [2.75, 3.05) is 13.7 Å². The van der Waals surface area contributed by atoms with E-state index in [4.69, 9.17) is 4.74 Å². The first-order chi connectivity index (χ1) is 8.67. The lowest BCUT2D eigenvalue weighted by atomic mass is 9.91. The average molecular weight is 313 g/mol. The lowest BCUT2D eigenvalue weighted by Crippen LogP contribution is -2.04. The van der Waals surface area contributed by atoms with E-state index in [9.17, 15) is 5.11 Å². The molecule has 1 saturated carbocycles. The Bertz CT molecular complexity index is 411. The van der Waals surface area contributed by atoms with Crippen LogP contribution in [0.2, 0.25) is 0 Å². The van der Waals surface area contributed by atoms with E-state index in [0.29, 0.717) is 5.92 Å². The SMILES string of the molecule is COc1c(Br)cc(C(C)CO)cc1C1CCCC1. The summed E-state index contributed by atoms with van der Waals surface area (Å²) < 4.78 is 6.55. The number of halogens is 1. The molecule has 0 bridgehead atoms. The van der Waals surface area contributed by atoms with E-state index in [2.05, 4.69) is 28.1 Å². The Morgan fingerprint density at radius 2 is 2.06 bits per heavy atom. The molecular formula is C15H21BrO2. The standard InChI is InChI=1S/C15H21BrO2/c1-10(9-17)12-7-13(11-5-3-4-6-11)15(18-2)14(16)8-12/h7-8,10-11,17H,3-6,9H2,1-2H3. The molecule has 3 heteroatoms. The van der Waals surface area contributed by atoms with E-state index in [1.54, 1.807) is 7.11 Å². The summed E-state index contributed by atoms with van der Waals surface area (Å²) in [6.07, 6.45) is 5.12. The van der Waals surface area contributed by atoms with Crippen LogP contribution in [0.3, 0.4) is 0 Å². The fraction of sp³-hybridized carbons (Fsp3) is 0.600. The molecule has 2 rings (SSSR count). The number of hydrogen-bond donors (Lipinski definition) is 1. The van der Waals surface area contributed by atoms with E-state index < -0.39 is 0 Å². The highest BCUT2D eigenvalue weighted by atomic mass is 79.9. The Morgan fingerprint density at radius 3 is 2.61 bits per heavy atom. The van der Waals surface area contributed by atoms with E-state index in [0.717, 1.165) is 10.2 Å². The van der Waals surface area contributed by atoms with Crippen LogP contribution in [0.4, 0.5) is 0 Å². The molecule has 1 aromatic rings. The molecule has 0 radical (unpaired) electrons. The summed E-state index contributed by atoms with van der Waals surface area (Å²) in [5.41, 5.74) is 2.49. The predicted molar refractivity (Wildman–Crippen MR) is 77.4 cm³/mol. The largest absolute Gasteiger partial charge is 0.495 e. The van der Waals surface area contributed by atoms with Crippen molar-refractivity contribution in [3.8, 4) is 5.75 Å². The maximum atomic E-state index is 9.32. The Morgan fingerprint density at radius 1 is 1.39 bits per heavy atom. The molecule has 1 fully saturated rings. The highest BCUT2D eigenvalue weighted by Crippen LogP contribution is 2.43. The molecule has 1 N–H and O–H groups in total. The van der Waals surface area contributed by atoms with Crippen LogP contribution in [0.5, 0.6) is 5.75 Å². The van der Waals surface area contributed by atoms with Gasteiger partial charge in [0.1, 0.15) is 5.75 Å². The fourth-order valence-corrected chi connectivity index (χ4v) is 3.44. The molecule has 0 aromatic heterocycles. The summed E-state index contributed by atoms with van der Waals surface area (Å²) in [5, 5.41) is 9.32. The van der Waals surface area contributed by atoms with Crippen LogP contribution in [0.1, 0.15) is 55.6 Å². The van der Waals surface area contributed by atoms with Gasteiger partial charge in [0.05, 0.1) is 11.6 Å². The summed E-state index contributed by atoms with van der Waals surface area (Å²) in [6.45, 7) is 2.23. The third kappa shape index (κ3) is 2.72. The Balaban J connectivity index is 2.43. The number of ether oxygens (including phenoxy) is 1. The number of hydrogen-bond acceptors (Lipinski definition) is 2. The van der Waals surface area contributed by atoms with Crippen LogP contribution in [0.25, 0.3) is 0 Å². The van der Waals surface area contributed by atoms with E-state index >= 15 is 0 Å². The van der Waals surface area contributed by atoms with Gasteiger partial charge in [0, 0.05) is 12.5 Å². The first-order valence-corrected chi connectivity index (χ1v) is 7.44. The second kappa shape index (κ2) is 6.07. The molecule has 1 atom stereocenters. The first kappa shape index (κ1) is 13.9. The topological polar surface area (TPSA) is 29.5 Å². The van der Waals surface area contributed by atoms with Crippen LogP contribution in [0.15, 0.2) is 16.6 Å². The van der Waals surface area contributed by atoms with Gasteiger partial charge in [0.15, 0.2) is 0 Å². The zero-order chi connectivity index (χ0) is 13.1. The van der Waals surface area contributed by atoms with Gasteiger partial charge < -0.3 is 9.84 Å². The molecule has 18 heavy (non-hydrogen) atoms. The van der Waals surface area contributed by atoms with Crippen LogP contribution in [-0.2, 0) is 0 Å². The van der Waals surface area contributed by atoms with Crippen molar-refractivity contribution in [1.29, 1.82) is 0 Å². The van der Waals surface area contributed by atoms with Crippen molar-refractivity contribution in [3.05, 3.63) is 27.7 Å². The fourth-order valence-electron chi connectivity index (χ4n) is 2.78. The number of rotatable bonds is 4. The van der Waals surface area contributed by atoms with Crippen molar-refractivity contribution in [1.82, 2.24) is 0 Å². The van der Waals surface area contributed by atoms with Crippen molar-refractivity contribution >= 4 is 15.9 Å². The maximum absolute atomic E-state index is 9.32. The molecular weight excluding hydrogens is 292 g/mol. The number of methoxy groups -OCH3 is 1. The number of aliphatic hydroxyl groups is 1. The molecule has 1 aliphatic rings. The summed E-state index contributed by atoms with van der Waals surface area (Å²) in [4.78, 5) is 0. The first-order valence-electron chi connectivity index (χ1n) is 6.65. The lowest BCUT2D eigenvalue weighted by molar-refractivity contribution is 0.273. The molecule has 0 saturated heterocycles. The molecule has 1 aromatic carbocycles. The van der Waals surface area contributed by atoms with Crippen LogP contribution in [0, 0.1) is 0 Å². The third-order valence-corrected chi connectivity index (χ3v) is 4.53. The van der Waals surface area contributed by atoms with E-state index in [1.165, 1.54) is 36.8 Å². The Kier molecular flexibility index (Phi) is 4.68. The number of benzene rings is 1. The van der Waals surface area contributed by atoms with Gasteiger partial charge in [-0.25, -0.2) is 0 Å². The lowest BCUT2D eigenvalue weighted by Gasteiger charge is -2.19. The summed E-state index contributed by atoms with van der Waals surface area (Å²) in [5.74, 6) is 1.75.